The summed E-state index contributed by atoms with van der Waals surface area (Å²) in [5.41, 5.74) is 3.88. The molecule has 0 saturated heterocycles. The smallest absolute Gasteiger partial charge is 0.220 e. The van der Waals surface area contributed by atoms with Crippen molar-refractivity contribution in [2.75, 3.05) is 13.1 Å². The SMILES string of the molecule is Cc1ccccc1CN1CCc2nnc(C(C)NC(=O)CCc3ccccc3)n2CC1. The van der Waals surface area contributed by atoms with Gasteiger partial charge in [-0.1, -0.05) is 54.6 Å². The molecule has 1 aliphatic heterocycles. The van der Waals surface area contributed by atoms with Crippen LogP contribution in [0.15, 0.2) is 54.6 Å². The molecule has 0 radical (unpaired) electrons. The fraction of sp³-hybridized carbons (Fsp3) is 0.400. The van der Waals surface area contributed by atoms with E-state index in [9.17, 15) is 4.79 Å². The number of fused-ring (bicyclic) bond motifs is 1. The van der Waals surface area contributed by atoms with Crippen LogP contribution in [-0.4, -0.2) is 38.7 Å². The maximum atomic E-state index is 12.5. The molecule has 162 valence electrons. The zero-order valence-corrected chi connectivity index (χ0v) is 18.4. The fourth-order valence-corrected chi connectivity index (χ4v) is 4.18. The fourth-order valence-electron chi connectivity index (χ4n) is 4.18. The minimum atomic E-state index is -0.160. The third kappa shape index (κ3) is 5.39. The van der Waals surface area contributed by atoms with Gasteiger partial charge in [-0.3, -0.25) is 9.69 Å². The molecule has 2 aromatic carbocycles. The summed E-state index contributed by atoms with van der Waals surface area (Å²) in [5, 5.41) is 12.0. The maximum Gasteiger partial charge on any atom is 0.220 e. The Bertz CT molecular complexity index is 1010. The van der Waals surface area contributed by atoms with Gasteiger partial charge in [0.05, 0.1) is 6.04 Å². The van der Waals surface area contributed by atoms with Crippen LogP contribution < -0.4 is 5.32 Å². The second-order valence-electron chi connectivity index (χ2n) is 8.35. The van der Waals surface area contributed by atoms with Crippen molar-refractivity contribution in [1.82, 2.24) is 25.0 Å². The zero-order valence-electron chi connectivity index (χ0n) is 18.4. The number of hydrogen-bond acceptors (Lipinski definition) is 4. The van der Waals surface area contributed by atoms with Crippen molar-refractivity contribution < 1.29 is 4.79 Å². The Morgan fingerprint density at radius 2 is 1.81 bits per heavy atom. The summed E-state index contributed by atoms with van der Waals surface area (Å²) in [4.78, 5) is 14.9. The standard InChI is InChI=1S/C25H31N5O/c1-19-8-6-7-11-22(19)18-29-15-14-23-27-28-25(30(23)17-16-29)20(2)26-24(31)13-12-21-9-4-3-5-10-21/h3-11,20H,12-18H2,1-2H3,(H,26,31). The number of carbonyl (C=O) groups is 1. The Labute approximate surface area is 184 Å². The van der Waals surface area contributed by atoms with E-state index in [0.29, 0.717) is 6.42 Å². The molecule has 1 amide bonds. The molecule has 1 N–H and O–H groups in total. The third-order valence-electron chi connectivity index (χ3n) is 6.05. The van der Waals surface area contributed by atoms with Crippen LogP contribution in [0.1, 0.15) is 47.7 Å². The molecule has 6 nitrogen and oxygen atoms in total. The largest absolute Gasteiger partial charge is 0.346 e. The van der Waals surface area contributed by atoms with Gasteiger partial charge in [0.15, 0.2) is 5.82 Å². The number of benzene rings is 2. The predicted molar refractivity (Wildman–Crippen MR) is 122 cm³/mol. The predicted octanol–water partition coefficient (Wildman–Crippen LogP) is 3.45. The van der Waals surface area contributed by atoms with Crippen LogP contribution in [0.5, 0.6) is 0 Å². The van der Waals surface area contributed by atoms with Crippen molar-refractivity contribution in [2.24, 2.45) is 0 Å². The van der Waals surface area contributed by atoms with Crippen molar-refractivity contribution in [1.29, 1.82) is 0 Å². The van der Waals surface area contributed by atoms with E-state index >= 15 is 0 Å². The van der Waals surface area contributed by atoms with Crippen LogP contribution in [0, 0.1) is 6.92 Å². The summed E-state index contributed by atoms with van der Waals surface area (Å²) in [6.07, 6.45) is 2.08. The lowest BCUT2D eigenvalue weighted by Gasteiger charge is -2.21. The molecule has 3 aromatic rings. The van der Waals surface area contributed by atoms with Crippen LogP contribution >= 0.6 is 0 Å². The molecule has 31 heavy (non-hydrogen) atoms. The molecular weight excluding hydrogens is 386 g/mol. The van der Waals surface area contributed by atoms with E-state index in [1.165, 1.54) is 16.7 Å². The lowest BCUT2D eigenvalue weighted by Crippen LogP contribution is -2.30. The first-order chi connectivity index (χ1) is 15.1. The first kappa shape index (κ1) is 21.2. The minimum absolute atomic E-state index is 0.0449. The molecule has 0 bridgehead atoms. The number of hydrogen-bond donors (Lipinski definition) is 1. The second-order valence-corrected chi connectivity index (χ2v) is 8.35. The van der Waals surface area contributed by atoms with E-state index in [1.54, 1.807) is 0 Å². The quantitative estimate of drug-likeness (QED) is 0.640. The van der Waals surface area contributed by atoms with E-state index in [2.05, 4.69) is 68.3 Å². The first-order valence-corrected chi connectivity index (χ1v) is 11.1. The van der Waals surface area contributed by atoms with E-state index in [0.717, 1.165) is 50.7 Å². The number of nitrogens with zero attached hydrogens (tertiary/aromatic N) is 4. The summed E-state index contributed by atoms with van der Waals surface area (Å²) >= 11 is 0. The Morgan fingerprint density at radius 1 is 1.03 bits per heavy atom. The van der Waals surface area contributed by atoms with Gasteiger partial charge in [0.1, 0.15) is 5.82 Å². The van der Waals surface area contributed by atoms with Crippen LogP contribution in [0.4, 0.5) is 0 Å². The number of carbonyl (C=O) groups excluding carboxylic acids is 1. The Hall–Kier alpha value is -2.99. The molecule has 0 saturated carbocycles. The molecule has 0 aliphatic carbocycles. The van der Waals surface area contributed by atoms with E-state index in [-0.39, 0.29) is 11.9 Å². The Morgan fingerprint density at radius 3 is 2.61 bits per heavy atom. The normalized spacial score (nSPS) is 15.2. The van der Waals surface area contributed by atoms with Crippen molar-refractivity contribution in [3.05, 3.63) is 82.9 Å². The monoisotopic (exact) mass is 417 g/mol. The van der Waals surface area contributed by atoms with Gasteiger partial charge in [0.25, 0.3) is 0 Å². The lowest BCUT2D eigenvalue weighted by atomic mass is 10.1. The highest BCUT2D eigenvalue weighted by Crippen LogP contribution is 2.18. The van der Waals surface area contributed by atoms with Crippen molar-refractivity contribution in [3.8, 4) is 0 Å². The average molecular weight is 418 g/mol. The summed E-state index contributed by atoms with van der Waals surface area (Å²) in [6, 6.07) is 18.5. The molecule has 0 spiro atoms. The van der Waals surface area contributed by atoms with Crippen LogP contribution in [-0.2, 0) is 30.7 Å². The van der Waals surface area contributed by atoms with Crippen LogP contribution in [0.3, 0.4) is 0 Å². The van der Waals surface area contributed by atoms with Gasteiger partial charge < -0.3 is 9.88 Å². The van der Waals surface area contributed by atoms with E-state index < -0.39 is 0 Å². The molecule has 2 heterocycles. The number of aryl methyl sites for hydroxylation is 2. The minimum Gasteiger partial charge on any atom is -0.346 e. The van der Waals surface area contributed by atoms with Gasteiger partial charge in [0, 0.05) is 39.0 Å². The number of aromatic nitrogens is 3. The summed E-state index contributed by atoms with van der Waals surface area (Å²) in [7, 11) is 0. The van der Waals surface area contributed by atoms with Gasteiger partial charge in [0.2, 0.25) is 5.91 Å². The molecule has 1 atom stereocenters. The maximum absolute atomic E-state index is 12.5. The number of amides is 1. The van der Waals surface area contributed by atoms with Crippen LogP contribution in [0.25, 0.3) is 0 Å². The lowest BCUT2D eigenvalue weighted by molar-refractivity contribution is -0.121. The van der Waals surface area contributed by atoms with Crippen molar-refractivity contribution in [3.63, 3.8) is 0 Å². The van der Waals surface area contributed by atoms with Gasteiger partial charge in [-0.2, -0.15) is 0 Å². The highest BCUT2D eigenvalue weighted by molar-refractivity contribution is 5.76. The van der Waals surface area contributed by atoms with Crippen LogP contribution in [0.2, 0.25) is 0 Å². The molecule has 1 aromatic heterocycles. The van der Waals surface area contributed by atoms with E-state index in [1.807, 2.05) is 25.1 Å². The topological polar surface area (TPSA) is 63.1 Å². The Balaban J connectivity index is 1.34. The number of rotatable bonds is 7. The van der Waals surface area contributed by atoms with Gasteiger partial charge in [-0.05, 0) is 37.0 Å². The molecule has 1 unspecified atom stereocenters. The first-order valence-electron chi connectivity index (χ1n) is 11.1. The van der Waals surface area contributed by atoms with E-state index in [4.69, 9.17) is 0 Å². The molecule has 4 rings (SSSR count). The average Bonchev–Trinajstić information content (AvgIpc) is 3.09. The van der Waals surface area contributed by atoms with Gasteiger partial charge >= 0.3 is 0 Å². The highest BCUT2D eigenvalue weighted by Gasteiger charge is 2.23. The van der Waals surface area contributed by atoms with Crippen molar-refractivity contribution >= 4 is 5.91 Å². The third-order valence-corrected chi connectivity index (χ3v) is 6.05. The summed E-state index contributed by atoms with van der Waals surface area (Å²) in [6.45, 7) is 7.86. The molecule has 1 aliphatic rings. The Kier molecular flexibility index (Phi) is 6.77. The summed E-state index contributed by atoms with van der Waals surface area (Å²) in [5.74, 6) is 1.90. The molecule has 6 heteroatoms. The highest BCUT2D eigenvalue weighted by atomic mass is 16.1. The van der Waals surface area contributed by atoms with Gasteiger partial charge in [-0.15, -0.1) is 10.2 Å². The van der Waals surface area contributed by atoms with Gasteiger partial charge in [-0.25, -0.2) is 0 Å². The molecular formula is C25H31N5O. The second kappa shape index (κ2) is 9.88. The zero-order chi connectivity index (χ0) is 21.6. The van der Waals surface area contributed by atoms with Crippen molar-refractivity contribution in [2.45, 2.75) is 52.2 Å². The summed E-state index contributed by atoms with van der Waals surface area (Å²) < 4.78 is 2.19. The molecule has 0 fully saturated rings. The number of nitrogens with one attached hydrogen (secondary N) is 1.